The molecule has 34 heavy (non-hydrogen) atoms. The summed E-state index contributed by atoms with van der Waals surface area (Å²) in [4.78, 5) is 42.2. The number of rotatable bonds is 6. The fourth-order valence-corrected chi connectivity index (χ4v) is 5.53. The Morgan fingerprint density at radius 2 is 1.91 bits per heavy atom. The number of carbonyl (C=O) groups excluding carboxylic acids is 2. The van der Waals surface area contributed by atoms with Gasteiger partial charge in [0.05, 0.1) is 11.0 Å². The molecule has 1 aliphatic heterocycles. The van der Waals surface area contributed by atoms with Gasteiger partial charge in [-0.05, 0) is 60.0 Å². The summed E-state index contributed by atoms with van der Waals surface area (Å²) in [7, 11) is 0. The first kappa shape index (κ1) is 22.6. The largest absolute Gasteiger partial charge is 0.330 e. The smallest absolute Gasteiger partial charge is 0.270 e. The Labute approximate surface area is 205 Å². The number of benzene rings is 2. The summed E-state index contributed by atoms with van der Waals surface area (Å²) < 4.78 is 0. The first-order chi connectivity index (χ1) is 16.4. The van der Waals surface area contributed by atoms with Crippen LogP contribution in [0.1, 0.15) is 45.2 Å². The molecule has 0 N–H and O–H groups in total. The molecule has 9 heteroatoms. The predicted molar refractivity (Wildman–Crippen MR) is 130 cm³/mol. The van der Waals surface area contributed by atoms with Crippen LogP contribution in [0.5, 0.6) is 0 Å². The van der Waals surface area contributed by atoms with Crippen LogP contribution < -0.4 is 0 Å². The SMILES string of the molecule is O=C(c1cccc([N+](=O)[O-])c1)N(CC(=O)N1CCc2sccc2C1c1ccc(Cl)cc1)C1CC1. The molecule has 3 aromatic rings. The predicted octanol–water partition coefficient (Wildman–Crippen LogP) is 5.09. The van der Waals surface area contributed by atoms with E-state index in [1.807, 2.05) is 34.5 Å². The van der Waals surface area contributed by atoms with Crippen LogP contribution >= 0.6 is 22.9 Å². The van der Waals surface area contributed by atoms with Crippen molar-refractivity contribution in [2.45, 2.75) is 31.3 Å². The molecule has 1 aromatic heterocycles. The molecule has 174 valence electrons. The molecular formula is C25H22ClN3O4S. The second kappa shape index (κ2) is 9.19. The minimum Gasteiger partial charge on any atom is -0.330 e. The lowest BCUT2D eigenvalue weighted by Crippen LogP contribution is -2.47. The molecule has 5 rings (SSSR count). The number of thiophene rings is 1. The molecule has 2 heterocycles. The summed E-state index contributed by atoms with van der Waals surface area (Å²) in [5, 5.41) is 13.8. The van der Waals surface area contributed by atoms with E-state index in [2.05, 4.69) is 6.07 Å². The molecule has 2 aromatic carbocycles. The maximum atomic E-state index is 13.6. The van der Waals surface area contributed by atoms with Gasteiger partial charge in [0.2, 0.25) is 5.91 Å². The summed E-state index contributed by atoms with van der Waals surface area (Å²) >= 11 is 7.79. The number of hydrogen-bond acceptors (Lipinski definition) is 5. The number of amides is 2. The monoisotopic (exact) mass is 495 g/mol. The van der Waals surface area contributed by atoms with Crippen molar-refractivity contribution >= 4 is 40.4 Å². The van der Waals surface area contributed by atoms with Crippen LogP contribution in [0.25, 0.3) is 0 Å². The van der Waals surface area contributed by atoms with Crippen molar-refractivity contribution in [1.29, 1.82) is 0 Å². The van der Waals surface area contributed by atoms with Gasteiger partial charge in [-0.2, -0.15) is 0 Å². The maximum absolute atomic E-state index is 13.6. The molecule has 2 aliphatic rings. The number of nitro groups is 1. The van der Waals surface area contributed by atoms with E-state index in [1.54, 1.807) is 22.3 Å². The Kier molecular flexibility index (Phi) is 6.10. The molecule has 7 nitrogen and oxygen atoms in total. The number of nitrogens with zero attached hydrogens (tertiary/aromatic N) is 3. The number of fused-ring (bicyclic) bond motifs is 1. The quantitative estimate of drug-likeness (QED) is 0.352. The molecular weight excluding hydrogens is 474 g/mol. The van der Waals surface area contributed by atoms with E-state index in [0.717, 1.165) is 30.4 Å². The van der Waals surface area contributed by atoms with Crippen LogP contribution in [0.4, 0.5) is 5.69 Å². The Morgan fingerprint density at radius 1 is 1.15 bits per heavy atom. The molecule has 0 bridgehead atoms. The van der Waals surface area contributed by atoms with Crippen molar-refractivity contribution < 1.29 is 14.5 Å². The van der Waals surface area contributed by atoms with E-state index in [9.17, 15) is 19.7 Å². The minimum absolute atomic E-state index is 0.0220. The van der Waals surface area contributed by atoms with E-state index in [1.165, 1.54) is 23.1 Å². The number of non-ortho nitro benzene ring substituents is 1. The highest BCUT2D eigenvalue weighted by Gasteiger charge is 2.38. The van der Waals surface area contributed by atoms with Gasteiger partial charge in [0.25, 0.3) is 11.6 Å². The van der Waals surface area contributed by atoms with Crippen LogP contribution in [-0.4, -0.2) is 45.7 Å². The zero-order valence-electron chi connectivity index (χ0n) is 18.2. The number of carbonyl (C=O) groups is 2. The van der Waals surface area contributed by atoms with Gasteiger partial charge in [-0.15, -0.1) is 11.3 Å². The van der Waals surface area contributed by atoms with Gasteiger partial charge in [-0.3, -0.25) is 19.7 Å². The highest BCUT2D eigenvalue weighted by molar-refractivity contribution is 7.10. The highest BCUT2D eigenvalue weighted by atomic mass is 35.5. The van der Waals surface area contributed by atoms with Crippen molar-refractivity contribution in [3.8, 4) is 0 Å². The topological polar surface area (TPSA) is 83.8 Å². The third-order valence-corrected chi connectivity index (χ3v) is 7.58. The standard InChI is InChI=1S/C25H22ClN3O4S/c26-18-6-4-16(5-7-18)24-21-11-13-34-22(21)10-12-27(24)23(30)15-28(19-8-9-19)25(31)17-2-1-3-20(14-17)29(32)33/h1-7,11,13-14,19,24H,8-10,12,15H2. The first-order valence-electron chi connectivity index (χ1n) is 11.1. The summed E-state index contributed by atoms with van der Waals surface area (Å²) in [6.07, 6.45) is 2.41. The van der Waals surface area contributed by atoms with Crippen molar-refractivity contribution in [3.05, 3.63) is 96.7 Å². The minimum atomic E-state index is -0.522. The van der Waals surface area contributed by atoms with Gasteiger partial charge < -0.3 is 9.80 Å². The van der Waals surface area contributed by atoms with E-state index in [0.29, 0.717) is 11.6 Å². The van der Waals surface area contributed by atoms with E-state index in [-0.39, 0.29) is 41.7 Å². The summed E-state index contributed by atoms with van der Waals surface area (Å²) in [6, 6.07) is 15.0. The van der Waals surface area contributed by atoms with E-state index in [4.69, 9.17) is 11.6 Å². The molecule has 0 saturated heterocycles. The Hall–Kier alpha value is -3.23. The third-order valence-electron chi connectivity index (χ3n) is 6.33. The number of hydrogen-bond donors (Lipinski definition) is 0. The van der Waals surface area contributed by atoms with Crippen LogP contribution in [-0.2, 0) is 11.2 Å². The van der Waals surface area contributed by atoms with Gasteiger partial charge in [0.15, 0.2) is 0 Å². The normalized spacial score (nSPS) is 17.2. The Balaban J connectivity index is 1.42. The second-order valence-corrected chi connectivity index (χ2v) is 10.00. The fraction of sp³-hybridized carbons (Fsp3) is 0.280. The molecule has 1 saturated carbocycles. The van der Waals surface area contributed by atoms with Crippen LogP contribution in [0.3, 0.4) is 0 Å². The van der Waals surface area contributed by atoms with Gasteiger partial charge >= 0.3 is 0 Å². The summed E-state index contributed by atoms with van der Waals surface area (Å²) in [5.74, 6) is -0.488. The Morgan fingerprint density at radius 3 is 2.62 bits per heavy atom. The van der Waals surface area contributed by atoms with Gasteiger partial charge in [-0.25, -0.2) is 0 Å². The lowest BCUT2D eigenvalue weighted by atomic mass is 9.93. The van der Waals surface area contributed by atoms with E-state index < -0.39 is 4.92 Å². The molecule has 1 unspecified atom stereocenters. The van der Waals surface area contributed by atoms with E-state index >= 15 is 0 Å². The second-order valence-electron chi connectivity index (χ2n) is 8.56. The van der Waals surface area contributed by atoms with Gasteiger partial charge in [-0.1, -0.05) is 29.8 Å². The van der Waals surface area contributed by atoms with Crippen LogP contribution in [0.15, 0.2) is 60.0 Å². The molecule has 1 atom stereocenters. The summed E-state index contributed by atoms with van der Waals surface area (Å²) in [6.45, 7) is 0.499. The third kappa shape index (κ3) is 4.43. The molecule has 1 aliphatic carbocycles. The zero-order chi connectivity index (χ0) is 23.8. The fourth-order valence-electron chi connectivity index (χ4n) is 4.50. The van der Waals surface area contributed by atoms with Crippen LogP contribution in [0, 0.1) is 10.1 Å². The molecule has 0 spiro atoms. The lowest BCUT2D eigenvalue weighted by molar-refractivity contribution is -0.384. The first-order valence-corrected chi connectivity index (χ1v) is 12.3. The van der Waals surface area contributed by atoms with Crippen molar-refractivity contribution in [3.63, 3.8) is 0 Å². The molecule has 1 fully saturated rings. The molecule has 2 amide bonds. The average Bonchev–Trinajstić information content (AvgIpc) is 3.57. The van der Waals surface area contributed by atoms with Gasteiger partial charge in [0, 0.05) is 40.2 Å². The maximum Gasteiger partial charge on any atom is 0.270 e. The Bertz CT molecular complexity index is 1260. The number of halogens is 1. The molecule has 0 radical (unpaired) electrons. The number of nitro benzene ring substituents is 1. The lowest BCUT2D eigenvalue weighted by Gasteiger charge is -2.37. The van der Waals surface area contributed by atoms with Crippen LogP contribution in [0.2, 0.25) is 5.02 Å². The summed E-state index contributed by atoms with van der Waals surface area (Å²) in [5.41, 5.74) is 2.16. The van der Waals surface area contributed by atoms with Crippen molar-refractivity contribution in [1.82, 2.24) is 9.80 Å². The highest BCUT2D eigenvalue weighted by Crippen LogP contribution is 2.38. The van der Waals surface area contributed by atoms with Crippen molar-refractivity contribution in [2.75, 3.05) is 13.1 Å². The zero-order valence-corrected chi connectivity index (χ0v) is 19.8. The van der Waals surface area contributed by atoms with Gasteiger partial charge in [0.1, 0.15) is 6.54 Å². The van der Waals surface area contributed by atoms with Crippen molar-refractivity contribution in [2.24, 2.45) is 0 Å². The average molecular weight is 496 g/mol.